The molecule has 1 fully saturated rings. The van der Waals surface area contributed by atoms with Crippen molar-refractivity contribution < 1.29 is 9.53 Å². The van der Waals surface area contributed by atoms with Crippen molar-refractivity contribution in [2.45, 2.75) is 19.4 Å². The number of ether oxygens (including phenoxy) is 1. The van der Waals surface area contributed by atoms with Crippen molar-refractivity contribution in [3.8, 4) is 0 Å². The van der Waals surface area contributed by atoms with Gasteiger partial charge in [-0.15, -0.1) is 0 Å². The van der Waals surface area contributed by atoms with Crippen molar-refractivity contribution in [1.29, 1.82) is 0 Å². The van der Waals surface area contributed by atoms with E-state index < -0.39 is 0 Å². The molecule has 1 aliphatic heterocycles. The zero-order valence-electron chi connectivity index (χ0n) is 9.65. The summed E-state index contributed by atoms with van der Waals surface area (Å²) in [5.41, 5.74) is 0.429. The molecule has 0 radical (unpaired) electrons. The molecule has 2 rings (SSSR count). The number of nitrogens with one attached hydrogen (secondary N) is 1. The van der Waals surface area contributed by atoms with Crippen molar-refractivity contribution in [3.05, 3.63) is 28.5 Å². The Morgan fingerprint density at radius 1 is 1.71 bits per heavy atom. The number of carbonyl (C=O) groups is 1. The van der Waals surface area contributed by atoms with Crippen LogP contribution in [0.5, 0.6) is 0 Å². The van der Waals surface area contributed by atoms with Crippen LogP contribution in [-0.4, -0.2) is 30.1 Å². The van der Waals surface area contributed by atoms with Gasteiger partial charge >= 0.3 is 0 Å². The van der Waals surface area contributed by atoms with Gasteiger partial charge in [0.25, 0.3) is 5.91 Å². The van der Waals surface area contributed by atoms with Crippen LogP contribution < -0.4 is 5.32 Å². The Kier molecular flexibility index (Phi) is 4.12. The molecule has 92 valence electrons. The van der Waals surface area contributed by atoms with E-state index in [1.807, 2.05) is 13.0 Å². The van der Waals surface area contributed by atoms with Crippen LogP contribution in [-0.2, 0) is 4.74 Å². The van der Waals surface area contributed by atoms with Gasteiger partial charge in [-0.1, -0.05) is 0 Å². The third-order valence-corrected chi connectivity index (χ3v) is 3.64. The Balaban J connectivity index is 1.99. The van der Waals surface area contributed by atoms with Gasteiger partial charge in [0.2, 0.25) is 0 Å². The highest BCUT2D eigenvalue weighted by Gasteiger charge is 2.24. The van der Waals surface area contributed by atoms with Crippen molar-refractivity contribution >= 4 is 21.8 Å². The third-order valence-electron chi connectivity index (χ3n) is 3.00. The second-order valence-corrected chi connectivity index (χ2v) is 5.07. The van der Waals surface area contributed by atoms with Gasteiger partial charge in [-0.25, -0.2) is 4.98 Å². The van der Waals surface area contributed by atoms with Crippen LogP contribution in [0.4, 0.5) is 0 Å². The van der Waals surface area contributed by atoms with Crippen LogP contribution in [0.3, 0.4) is 0 Å². The van der Waals surface area contributed by atoms with Gasteiger partial charge in [-0.05, 0) is 41.4 Å². The maximum atomic E-state index is 12.0. The van der Waals surface area contributed by atoms with E-state index in [9.17, 15) is 4.79 Å². The number of amides is 1. The number of hydrogen-bond acceptors (Lipinski definition) is 3. The molecule has 1 saturated heterocycles. The van der Waals surface area contributed by atoms with E-state index in [0.717, 1.165) is 19.6 Å². The molecule has 0 aliphatic carbocycles. The van der Waals surface area contributed by atoms with Crippen LogP contribution in [0, 0.1) is 5.92 Å². The SMILES string of the molecule is C[C@H](NC(=O)c1ncccc1Br)[C@@H]1CCOC1. The highest BCUT2D eigenvalue weighted by Crippen LogP contribution is 2.18. The summed E-state index contributed by atoms with van der Waals surface area (Å²) in [6, 6.07) is 3.71. The lowest BCUT2D eigenvalue weighted by atomic mass is 10.0. The lowest BCUT2D eigenvalue weighted by Crippen LogP contribution is -2.38. The van der Waals surface area contributed by atoms with E-state index in [1.54, 1.807) is 12.3 Å². The molecule has 1 aliphatic rings. The monoisotopic (exact) mass is 298 g/mol. The predicted octanol–water partition coefficient (Wildman–Crippen LogP) is 2.00. The van der Waals surface area contributed by atoms with Crippen LogP contribution in [0.15, 0.2) is 22.8 Å². The summed E-state index contributed by atoms with van der Waals surface area (Å²) in [4.78, 5) is 16.1. The lowest BCUT2D eigenvalue weighted by Gasteiger charge is -2.19. The molecular formula is C12H15BrN2O2. The van der Waals surface area contributed by atoms with E-state index in [4.69, 9.17) is 4.74 Å². The van der Waals surface area contributed by atoms with E-state index in [0.29, 0.717) is 16.1 Å². The van der Waals surface area contributed by atoms with E-state index >= 15 is 0 Å². The molecule has 2 heterocycles. The van der Waals surface area contributed by atoms with Crippen LogP contribution >= 0.6 is 15.9 Å². The molecule has 0 bridgehead atoms. The lowest BCUT2D eigenvalue weighted by molar-refractivity contribution is 0.0916. The molecule has 1 aromatic rings. The second-order valence-electron chi connectivity index (χ2n) is 4.22. The molecule has 0 unspecified atom stereocenters. The van der Waals surface area contributed by atoms with Crippen LogP contribution in [0.25, 0.3) is 0 Å². The summed E-state index contributed by atoms with van der Waals surface area (Å²) >= 11 is 3.32. The zero-order chi connectivity index (χ0) is 12.3. The van der Waals surface area contributed by atoms with Gasteiger partial charge < -0.3 is 10.1 Å². The summed E-state index contributed by atoms with van der Waals surface area (Å²) in [5, 5.41) is 2.97. The van der Waals surface area contributed by atoms with Gasteiger partial charge in [0.05, 0.1) is 6.61 Å². The molecule has 0 spiro atoms. The first-order valence-electron chi connectivity index (χ1n) is 5.67. The maximum absolute atomic E-state index is 12.0. The molecule has 1 amide bonds. The van der Waals surface area contributed by atoms with Gasteiger partial charge in [0.1, 0.15) is 5.69 Å². The van der Waals surface area contributed by atoms with Crippen molar-refractivity contribution in [3.63, 3.8) is 0 Å². The number of rotatable bonds is 3. The van der Waals surface area contributed by atoms with Gasteiger partial charge in [0.15, 0.2) is 0 Å². The average molecular weight is 299 g/mol. The van der Waals surface area contributed by atoms with E-state index in [1.165, 1.54) is 0 Å². The Hall–Kier alpha value is -0.940. The van der Waals surface area contributed by atoms with E-state index in [-0.39, 0.29) is 11.9 Å². The van der Waals surface area contributed by atoms with Crippen molar-refractivity contribution in [1.82, 2.24) is 10.3 Å². The smallest absolute Gasteiger partial charge is 0.271 e. The second kappa shape index (κ2) is 5.60. The first-order chi connectivity index (χ1) is 8.18. The number of pyridine rings is 1. The number of carbonyl (C=O) groups excluding carboxylic acids is 1. The topological polar surface area (TPSA) is 51.2 Å². The third kappa shape index (κ3) is 3.04. The first-order valence-corrected chi connectivity index (χ1v) is 6.47. The summed E-state index contributed by atoms with van der Waals surface area (Å²) in [5.74, 6) is 0.262. The number of hydrogen-bond donors (Lipinski definition) is 1. The summed E-state index contributed by atoms with van der Waals surface area (Å²) in [6.45, 7) is 3.52. The molecule has 5 heteroatoms. The fourth-order valence-electron chi connectivity index (χ4n) is 1.89. The Bertz CT molecular complexity index is 405. The molecule has 4 nitrogen and oxygen atoms in total. The number of aromatic nitrogens is 1. The van der Waals surface area contributed by atoms with E-state index in [2.05, 4.69) is 26.2 Å². The molecular weight excluding hydrogens is 284 g/mol. The Labute approximate surface area is 109 Å². The first kappa shape index (κ1) is 12.5. The Morgan fingerprint density at radius 3 is 3.18 bits per heavy atom. The quantitative estimate of drug-likeness (QED) is 0.928. The van der Waals surface area contributed by atoms with Crippen LogP contribution in [0.2, 0.25) is 0 Å². The zero-order valence-corrected chi connectivity index (χ0v) is 11.2. The van der Waals surface area contributed by atoms with Gasteiger partial charge in [-0.2, -0.15) is 0 Å². The number of halogens is 1. The fourth-order valence-corrected chi connectivity index (χ4v) is 2.33. The fraction of sp³-hybridized carbons (Fsp3) is 0.500. The maximum Gasteiger partial charge on any atom is 0.271 e. The normalized spacial score (nSPS) is 21.2. The molecule has 0 saturated carbocycles. The molecule has 2 atom stereocenters. The molecule has 17 heavy (non-hydrogen) atoms. The molecule has 1 N–H and O–H groups in total. The molecule has 1 aromatic heterocycles. The standard InChI is InChI=1S/C12H15BrN2O2/c1-8(9-4-6-17-7-9)15-12(16)11-10(13)3-2-5-14-11/h2-3,5,8-9H,4,6-7H2,1H3,(H,15,16)/t8-,9+/m0/s1. The van der Waals surface area contributed by atoms with Crippen molar-refractivity contribution in [2.75, 3.05) is 13.2 Å². The van der Waals surface area contributed by atoms with Crippen LogP contribution in [0.1, 0.15) is 23.8 Å². The average Bonchev–Trinajstić information content (AvgIpc) is 2.82. The minimum absolute atomic E-state index is 0.110. The van der Waals surface area contributed by atoms with Gasteiger partial charge in [-0.3, -0.25) is 4.79 Å². The summed E-state index contributed by atoms with van der Waals surface area (Å²) < 4.78 is 6.03. The minimum atomic E-state index is -0.142. The summed E-state index contributed by atoms with van der Waals surface area (Å²) in [7, 11) is 0. The Morgan fingerprint density at radius 2 is 2.53 bits per heavy atom. The highest BCUT2D eigenvalue weighted by atomic mass is 79.9. The predicted molar refractivity (Wildman–Crippen MR) is 67.8 cm³/mol. The van der Waals surface area contributed by atoms with Gasteiger partial charge in [0, 0.05) is 29.2 Å². The minimum Gasteiger partial charge on any atom is -0.381 e. The summed E-state index contributed by atoms with van der Waals surface area (Å²) in [6.07, 6.45) is 2.62. The van der Waals surface area contributed by atoms with Crippen molar-refractivity contribution in [2.24, 2.45) is 5.92 Å². The highest BCUT2D eigenvalue weighted by molar-refractivity contribution is 9.10. The largest absolute Gasteiger partial charge is 0.381 e. The number of nitrogens with zero attached hydrogens (tertiary/aromatic N) is 1. The molecule has 0 aromatic carbocycles.